The van der Waals surface area contributed by atoms with Crippen LogP contribution in [0.4, 0.5) is 0 Å². The first-order valence-corrected chi connectivity index (χ1v) is 33.7. The zero-order valence-corrected chi connectivity index (χ0v) is 51.2. The van der Waals surface area contributed by atoms with Crippen LogP contribution in [0.25, 0.3) is 0 Å². The van der Waals surface area contributed by atoms with E-state index in [1.807, 2.05) is 27.2 Å². The Hall–Kier alpha value is -1.80. The van der Waals surface area contributed by atoms with Gasteiger partial charge in [0.1, 0.15) is 13.2 Å². The predicted molar refractivity (Wildman–Crippen MR) is 327 cm³/mol. The van der Waals surface area contributed by atoms with Crippen molar-refractivity contribution < 1.29 is 32.9 Å². The van der Waals surface area contributed by atoms with Crippen molar-refractivity contribution in [2.75, 3.05) is 40.9 Å². The van der Waals surface area contributed by atoms with Crippen molar-refractivity contribution in [3.05, 3.63) is 60.8 Å². The molecule has 0 aliphatic carbocycles. The van der Waals surface area contributed by atoms with Crippen LogP contribution in [0.15, 0.2) is 60.8 Å². The molecular weight excluding hydrogens is 948 g/mol. The molecule has 3 atom stereocenters. The number of phosphoric ester groups is 1. The zero-order valence-electron chi connectivity index (χ0n) is 50.3. The number of unbranched alkanes of at least 4 members (excludes halogenated alkanes) is 38. The summed E-state index contributed by atoms with van der Waals surface area (Å²) in [4.78, 5) is 23.4. The highest BCUT2D eigenvalue weighted by Gasteiger charge is 2.27. The molecule has 1 amide bonds. The smallest absolute Gasteiger partial charge is 0.387 e. The van der Waals surface area contributed by atoms with Crippen LogP contribution in [0.3, 0.4) is 0 Å². The number of rotatable bonds is 59. The van der Waals surface area contributed by atoms with Gasteiger partial charge in [-0.2, -0.15) is 0 Å². The van der Waals surface area contributed by atoms with Crippen molar-refractivity contribution in [3.63, 3.8) is 0 Å². The molecule has 0 saturated carbocycles. The van der Waals surface area contributed by atoms with Crippen molar-refractivity contribution >= 4 is 13.7 Å². The van der Waals surface area contributed by atoms with Crippen molar-refractivity contribution in [1.29, 1.82) is 0 Å². The first-order chi connectivity index (χ1) is 36.5. The summed E-state index contributed by atoms with van der Waals surface area (Å²) < 4.78 is 23.7. The van der Waals surface area contributed by atoms with E-state index in [0.717, 1.165) is 51.4 Å². The maximum Gasteiger partial charge on any atom is 0.472 e. The maximum absolute atomic E-state index is 13.0. The van der Waals surface area contributed by atoms with Crippen LogP contribution < -0.4 is 5.32 Å². The zero-order chi connectivity index (χ0) is 54.9. The van der Waals surface area contributed by atoms with Gasteiger partial charge in [0.25, 0.3) is 0 Å². The molecule has 3 unspecified atom stereocenters. The normalized spacial score (nSPS) is 14.2. The number of carbonyl (C=O) groups is 1. The van der Waals surface area contributed by atoms with Crippen LogP contribution in [0.2, 0.25) is 0 Å². The monoisotopic (exact) mass is 1070 g/mol. The standard InChI is InChI=1S/C66H125N2O6P/c1-6-8-10-12-14-16-18-20-22-24-26-28-30-32-34-36-38-40-42-44-46-48-50-52-54-56-58-60-66(70)67-64(63-74-75(71,72)73-62-61-68(3,4)5)65(69)59-57-55-53-51-49-47-45-43-41-39-37-35-33-31-29-27-25-23-21-19-17-15-13-11-9-7-2/h18,20,24,26,41,43,49,51,57,59,64-65,69H,6-17,19,21-23,25,27-40,42,44-48,50,52-56,58,60-63H2,1-5H3,(H-,67,70,71,72)/p+1/b20-18-,26-24-,43-41+,51-49+,59-57+. The van der Waals surface area contributed by atoms with E-state index >= 15 is 0 Å². The van der Waals surface area contributed by atoms with Gasteiger partial charge in [0.15, 0.2) is 0 Å². The second-order valence-corrected chi connectivity index (χ2v) is 24.6. The average molecular weight is 1070 g/mol. The van der Waals surface area contributed by atoms with Crippen LogP contribution in [-0.2, 0) is 18.4 Å². The van der Waals surface area contributed by atoms with Gasteiger partial charge >= 0.3 is 7.82 Å². The van der Waals surface area contributed by atoms with Gasteiger partial charge in [0.05, 0.1) is 39.9 Å². The molecule has 0 saturated heterocycles. The van der Waals surface area contributed by atoms with Gasteiger partial charge in [-0.1, -0.05) is 280 Å². The van der Waals surface area contributed by atoms with Crippen LogP contribution in [0.1, 0.15) is 303 Å². The van der Waals surface area contributed by atoms with Crippen LogP contribution in [0, 0.1) is 0 Å². The van der Waals surface area contributed by atoms with E-state index in [1.165, 1.54) is 231 Å². The minimum atomic E-state index is -4.36. The molecule has 0 aromatic heterocycles. The number of aliphatic hydroxyl groups excluding tert-OH is 1. The lowest BCUT2D eigenvalue weighted by Crippen LogP contribution is -2.45. The Morgan fingerprint density at radius 2 is 0.773 bits per heavy atom. The fraction of sp³-hybridized carbons (Fsp3) is 0.833. The van der Waals surface area contributed by atoms with Gasteiger partial charge in [0, 0.05) is 6.42 Å². The van der Waals surface area contributed by atoms with E-state index in [2.05, 4.69) is 67.8 Å². The summed E-state index contributed by atoms with van der Waals surface area (Å²) in [5.74, 6) is -0.189. The second-order valence-electron chi connectivity index (χ2n) is 23.1. The highest BCUT2D eigenvalue weighted by molar-refractivity contribution is 7.47. The van der Waals surface area contributed by atoms with E-state index < -0.39 is 20.0 Å². The van der Waals surface area contributed by atoms with E-state index in [0.29, 0.717) is 17.4 Å². The molecule has 0 aliphatic rings. The molecule has 75 heavy (non-hydrogen) atoms. The Labute approximate surface area is 466 Å². The van der Waals surface area contributed by atoms with Crippen molar-refractivity contribution in [1.82, 2.24) is 5.32 Å². The summed E-state index contributed by atoms with van der Waals surface area (Å²) in [5, 5.41) is 14.0. The number of carbonyl (C=O) groups excluding carboxylic acids is 1. The maximum atomic E-state index is 13.0. The first-order valence-electron chi connectivity index (χ1n) is 32.2. The lowest BCUT2D eigenvalue weighted by molar-refractivity contribution is -0.870. The summed E-state index contributed by atoms with van der Waals surface area (Å²) in [7, 11) is 1.55. The number of aliphatic hydroxyl groups is 1. The third kappa shape index (κ3) is 59.7. The number of quaternary nitrogens is 1. The number of nitrogens with zero attached hydrogens (tertiary/aromatic N) is 1. The highest BCUT2D eigenvalue weighted by atomic mass is 31.2. The molecule has 0 fully saturated rings. The van der Waals surface area contributed by atoms with E-state index in [-0.39, 0.29) is 19.1 Å². The van der Waals surface area contributed by atoms with Crippen molar-refractivity contribution in [2.45, 2.75) is 315 Å². The molecule has 0 aromatic rings. The fourth-order valence-corrected chi connectivity index (χ4v) is 10.1. The molecule has 0 heterocycles. The lowest BCUT2D eigenvalue weighted by atomic mass is 10.0. The van der Waals surface area contributed by atoms with Gasteiger partial charge in [0.2, 0.25) is 5.91 Å². The van der Waals surface area contributed by atoms with Gasteiger partial charge < -0.3 is 19.8 Å². The van der Waals surface area contributed by atoms with Crippen LogP contribution in [0.5, 0.6) is 0 Å². The van der Waals surface area contributed by atoms with E-state index in [9.17, 15) is 19.4 Å². The molecule has 0 aromatic carbocycles. The lowest BCUT2D eigenvalue weighted by Gasteiger charge is -2.25. The van der Waals surface area contributed by atoms with Crippen molar-refractivity contribution in [3.8, 4) is 0 Å². The number of nitrogens with one attached hydrogen (secondary N) is 1. The third-order valence-electron chi connectivity index (χ3n) is 14.4. The van der Waals surface area contributed by atoms with Gasteiger partial charge in [-0.3, -0.25) is 13.8 Å². The molecule has 8 nitrogen and oxygen atoms in total. The molecule has 0 spiro atoms. The number of amides is 1. The largest absolute Gasteiger partial charge is 0.472 e. The fourth-order valence-electron chi connectivity index (χ4n) is 9.40. The minimum absolute atomic E-state index is 0.0528. The number of phosphoric acid groups is 1. The molecular formula is C66H126N2O6P+. The molecule has 0 bridgehead atoms. The predicted octanol–water partition coefficient (Wildman–Crippen LogP) is 20.0. The number of allylic oxidation sites excluding steroid dienone is 9. The quantitative estimate of drug-likeness (QED) is 0.0243. The molecule has 0 aliphatic heterocycles. The minimum Gasteiger partial charge on any atom is -0.387 e. The topological polar surface area (TPSA) is 105 Å². The first kappa shape index (κ1) is 73.2. The Kier molecular flexibility index (Phi) is 55.5. The van der Waals surface area contributed by atoms with E-state index in [1.54, 1.807) is 6.08 Å². The Bertz CT molecular complexity index is 1400. The Morgan fingerprint density at radius 1 is 0.453 bits per heavy atom. The van der Waals surface area contributed by atoms with Crippen molar-refractivity contribution in [2.24, 2.45) is 0 Å². The number of hydrogen-bond acceptors (Lipinski definition) is 5. The Balaban J connectivity index is 4.20. The molecule has 3 N–H and O–H groups in total. The highest BCUT2D eigenvalue weighted by Crippen LogP contribution is 2.43. The second kappa shape index (κ2) is 56.9. The summed E-state index contributed by atoms with van der Waals surface area (Å²) in [6, 6.07) is -0.873. The summed E-state index contributed by atoms with van der Waals surface area (Å²) >= 11 is 0. The van der Waals surface area contributed by atoms with E-state index in [4.69, 9.17) is 9.05 Å². The van der Waals surface area contributed by atoms with Crippen LogP contribution in [-0.4, -0.2) is 73.4 Å². The molecule has 0 rings (SSSR count). The van der Waals surface area contributed by atoms with Gasteiger partial charge in [-0.05, 0) is 77.0 Å². The van der Waals surface area contributed by atoms with Crippen LogP contribution >= 0.6 is 7.82 Å². The molecule has 440 valence electrons. The Morgan fingerprint density at radius 3 is 1.15 bits per heavy atom. The van der Waals surface area contributed by atoms with Gasteiger partial charge in [-0.15, -0.1) is 0 Å². The number of likely N-dealkylation sites (N-methyl/N-ethyl adjacent to an activating group) is 1. The third-order valence-corrected chi connectivity index (χ3v) is 15.4. The summed E-state index contributed by atoms with van der Waals surface area (Å²) in [6.07, 6.45) is 77.8. The summed E-state index contributed by atoms with van der Waals surface area (Å²) in [6.45, 7) is 4.81. The molecule has 9 heteroatoms. The number of hydrogen-bond donors (Lipinski definition) is 3. The SMILES string of the molecule is CCCCCCC/C=C\C/C=C\CCCCCCCCCCCCCCCCCC(=O)NC(COP(=O)(O)OCC[N+](C)(C)C)C(O)/C=C/CC/C=C/CC/C=C/CCCCCCCCCCCCCCCCCC. The summed E-state index contributed by atoms with van der Waals surface area (Å²) in [5.41, 5.74) is 0. The average Bonchev–Trinajstić information content (AvgIpc) is 3.37. The molecule has 0 radical (unpaired) electrons. The van der Waals surface area contributed by atoms with Gasteiger partial charge in [-0.25, -0.2) is 4.57 Å².